The van der Waals surface area contributed by atoms with Crippen LogP contribution in [0.4, 0.5) is 0 Å². The van der Waals surface area contributed by atoms with Crippen LogP contribution < -0.4 is 0 Å². The molecule has 1 aromatic heterocycles. The molecule has 68 valence electrons. The highest BCUT2D eigenvalue weighted by molar-refractivity contribution is 14.1. The van der Waals surface area contributed by atoms with Crippen LogP contribution in [0.3, 0.4) is 0 Å². The molecule has 0 aliphatic carbocycles. The van der Waals surface area contributed by atoms with E-state index in [1.54, 1.807) is 0 Å². The summed E-state index contributed by atoms with van der Waals surface area (Å²) in [5.74, 6) is 1.11. The fraction of sp³-hybridized carbons (Fsp3) is 0.273. The molecule has 2 heteroatoms. The van der Waals surface area contributed by atoms with Crippen LogP contribution in [0.5, 0.6) is 0 Å². The lowest BCUT2D eigenvalue weighted by Gasteiger charge is -1.90. The summed E-state index contributed by atoms with van der Waals surface area (Å²) in [7, 11) is 0. The highest BCUT2D eigenvalue weighted by Crippen LogP contribution is 2.19. The SMILES string of the molecule is ICCCc1cc2ccccc2o1. The van der Waals surface area contributed by atoms with E-state index in [2.05, 4.69) is 34.7 Å². The van der Waals surface area contributed by atoms with Crippen molar-refractivity contribution in [1.29, 1.82) is 0 Å². The number of para-hydroxylation sites is 1. The molecule has 1 nitrogen and oxygen atoms in total. The fourth-order valence-electron chi connectivity index (χ4n) is 1.40. The molecule has 0 atom stereocenters. The van der Waals surface area contributed by atoms with Gasteiger partial charge < -0.3 is 4.42 Å². The Kier molecular flexibility index (Phi) is 2.88. The zero-order chi connectivity index (χ0) is 9.10. The predicted molar refractivity (Wildman–Crippen MR) is 63.4 cm³/mol. The molecule has 13 heavy (non-hydrogen) atoms. The third-order valence-corrected chi connectivity index (χ3v) is 2.80. The molecule has 1 aromatic carbocycles. The van der Waals surface area contributed by atoms with Crippen molar-refractivity contribution in [2.24, 2.45) is 0 Å². The van der Waals surface area contributed by atoms with Gasteiger partial charge in [0.1, 0.15) is 11.3 Å². The van der Waals surface area contributed by atoms with Gasteiger partial charge in [-0.2, -0.15) is 0 Å². The number of rotatable bonds is 3. The molecule has 0 fully saturated rings. The van der Waals surface area contributed by atoms with Crippen LogP contribution in [0.1, 0.15) is 12.2 Å². The fourth-order valence-corrected chi connectivity index (χ4v) is 1.78. The molecule has 0 aliphatic heterocycles. The molecule has 0 amide bonds. The van der Waals surface area contributed by atoms with Crippen molar-refractivity contribution in [3.8, 4) is 0 Å². The maximum absolute atomic E-state index is 5.67. The highest BCUT2D eigenvalue weighted by atomic mass is 127. The van der Waals surface area contributed by atoms with E-state index >= 15 is 0 Å². The van der Waals surface area contributed by atoms with Gasteiger partial charge in [-0.05, 0) is 23.0 Å². The predicted octanol–water partition coefficient (Wildman–Crippen LogP) is 3.80. The van der Waals surface area contributed by atoms with Crippen molar-refractivity contribution >= 4 is 33.6 Å². The molecule has 0 N–H and O–H groups in total. The summed E-state index contributed by atoms with van der Waals surface area (Å²) in [4.78, 5) is 0. The van der Waals surface area contributed by atoms with Gasteiger partial charge >= 0.3 is 0 Å². The normalized spacial score (nSPS) is 10.8. The van der Waals surface area contributed by atoms with Crippen molar-refractivity contribution in [2.45, 2.75) is 12.8 Å². The summed E-state index contributed by atoms with van der Waals surface area (Å²) in [5.41, 5.74) is 1.01. The van der Waals surface area contributed by atoms with Gasteiger partial charge in [-0.25, -0.2) is 0 Å². The first kappa shape index (κ1) is 9.06. The lowest BCUT2D eigenvalue weighted by atomic mass is 10.2. The Morgan fingerprint density at radius 3 is 2.85 bits per heavy atom. The molecule has 0 radical (unpaired) electrons. The second-order valence-electron chi connectivity index (χ2n) is 3.04. The van der Waals surface area contributed by atoms with Gasteiger partial charge in [0.2, 0.25) is 0 Å². The van der Waals surface area contributed by atoms with Crippen molar-refractivity contribution in [3.05, 3.63) is 36.1 Å². The third kappa shape index (κ3) is 2.05. The van der Waals surface area contributed by atoms with E-state index in [1.165, 1.54) is 16.2 Å². The summed E-state index contributed by atoms with van der Waals surface area (Å²) in [6.45, 7) is 0. The molecule has 0 saturated carbocycles. The first-order valence-electron chi connectivity index (χ1n) is 4.43. The quantitative estimate of drug-likeness (QED) is 0.618. The number of halogens is 1. The summed E-state index contributed by atoms with van der Waals surface area (Å²) in [6.07, 6.45) is 2.25. The van der Waals surface area contributed by atoms with Crippen molar-refractivity contribution in [3.63, 3.8) is 0 Å². The van der Waals surface area contributed by atoms with Crippen LogP contribution >= 0.6 is 22.6 Å². The van der Waals surface area contributed by atoms with Crippen LogP contribution in [0.2, 0.25) is 0 Å². The summed E-state index contributed by atoms with van der Waals surface area (Å²) < 4.78 is 6.86. The monoisotopic (exact) mass is 286 g/mol. The van der Waals surface area contributed by atoms with Crippen molar-refractivity contribution in [1.82, 2.24) is 0 Å². The first-order chi connectivity index (χ1) is 6.40. The second-order valence-corrected chi connectivity index (χ2v) is 4.12. The van der Waals surface area contributed by atoms with Crippen LogP contribution in [0.25, 0.3) is 11.0 Å². The molecular weight excluding hydrogens is 275 g/mol. The number of aryl methyl sites for hydroxylation is 1. The topological polar surface area (TPSA) is 13.1 Å². The maximum Gasteiger partial charge on any atom is 0.134 e. The molecule has 1 heterocycles. The van der Waals surface area contributed by atoms with Gasteiger partial charge in [0.25, 0.3) is 0 Å². The summed E-state index contributed by atoms with van der Waals surface area (Å²) >= 11 is 2.39. The Balaban J connectivity index is 2.28. The zero-order valence-corrected chi connectivity index (χ0v) is 9.45. The van der Waals surface area contributed by atoms with Crippen LogP contribution in [-0.4, -0.2) is 4.43 Å². The van der Waals surface area contributed by atoms with Gasteiger partial charge in [0.05, 0.1) is 0 Å². The van der Waals surface area contributed by atoms with E-state index < -0.39 is 0 Å². The van der Waals surface area contributed by atoms with Crippen LogP contribution in [-0.2, 0) is 6.42 Å². The van der Waals surface area contributed by atoms with E-state index in [4.69, 9.17) is 4.42 Å². The number of alkyl halides is 1. The van der Waals surface area contributed by atoms with E-state index in [9.17, 15) is 0 Å². The van der Waals surface area contributed by atoms with Crippen LogP contribution in [0, 0.1) is 0 Å². The average Bonchev–Trinajstić information content (AvgIpc) is 2.57. The van der Waals surface area contributed by atoms with Gasteiger partial charge in [0.15, 0.2) is 0 Å². The number of furan rings is 1. The first-order valence-corrected chi connectivity index (χ1v) is 5.96. The second kappa shape index (κ2) is 4.13. The van der Waals surface area contributed by atoms with E-state index in [0.29, 0.717) is 0 Å². The van der Waals surface area contributed by atoms with Crippen LogP contribution in [0.15, 0.2) is 34.7 Å². The number of fused-ring (bicyclic) bond motifs is 1. The number of benzene rings is 1. The van der Waals surface area contributed by atoms with E-state index in [0.717, 1.165) is 17.8 Å². The molecule has 0 unspecified atom stereocenters. The highest BCUT2D eigenvalue weighted by Gasteiger charge is 2.01. The minimum atomic E-state index is 1.01. The number of hydrogen-bond donors (Lipinski definition) is 0. The number of hydrogen-bond acceptors (Lipinski definition) is 1. The molecule has 2 rings (SSSR count). The Hall–Kier alpha value is -0.510. The van der Waals surface area contributed by atoms with E-state index in [-0.39, 0.29) is 0 Å². The minimum Gasteiger partial charge on any atom is -0.461 e. The molecule has 0 saturated heterocycles. The molecule has 0 spiro atoms. The standard InChI is InChI=1S/C11H11IO/c12-7-3-5-10-8-9-4-1-2-6-11(9)13-10/h1-2,4,6,8H,3,5,7H2. The summed E-state index contributed by atoms with van der Waals surface area (Å²) in [6, 6.07) is 10.3. The van der Waals surface area contributed by atoms with Crippen molar-refractivity contribution < 1.29 is 4.42 Å². The van der Waals surface area contributed by atoms with E-state index in [1.807, 2.05) is 18.2 Å². The summed E-state index contributed by atoms with van der Waals surface area (Å²) in [5, 5.41) is 1.21. The van der Waals surface area contributed by atoms with Gasteiger partial charge in [0, 0.05) is 11.8 Å². The maximum atomic E-state index is 5.67. The lowest BCUT2D eigenvalue weighted by Crippen LogP contribution is -1.80. The van der Waals surface area contributed by atoms with Gasteiger partial charge in [-0.15, -0.1) is 0 Å². The Morgan fingerprint density at radius 2 is 2.08 bits per heavy atom. The van der Waals surface area contributed by atoms with Gasteiger partial charge in [-0.1, -0.05) is 40.8 Å². The molecule has 2 aromatic rings. The minimum absolute atomic E-state index is 1.01. The third-order valence-electron chi connectivity index (χ3n) is 2.03. The van der Waals surface area contributed by atoms with Gasteiger partial charge in [-0.3, -0.25) is 0 Å². The largest absolute Gasteiger partial charge is 0.461 e. The Bertz CT molecular complexity index is 359. The molecule has 0 aliphatic rings. The zero-order valence-electron chi connectivity index (χ0n) is 7.29. The smallest absolute Gasteiger partial charge is 0.134 e. The average molecular weight is 286 g/mol. The van der Waals surface area contributed by atoms with Crippen molar-refractivity contribution in [2.75, 3.05) is 4.43 Å². The Labute approximate surface area is 91.3 Å². The molecule has 0 bridgehead atoms. The Morgan fingerprint density at radius 1 is 1.23 bits per heavy atom. The lowest BCUT2D eigenvalue weighted by molar-refractivity contribution is 0.546. The molecular formula is C11H11IO.